The summed E-state index contributed by atoms with van der Waals surface area (Å²) in [5, 5.41) is 0. The Morgan fingerprint density at radius 2 is 1.64 bits per heavy atom. The van der Waals surface area contributed by atoms with Crippen molar-refractivity contribution >= 4 is 10.0 Å². The predicted octanol–water partition coefficient (Wildman–Crippen LogP) is 3.92. The first-order valence-corrected chi connectivity index (χ1v) is 11.0. The van der Waals surface area contributed by atoms with Crippen LogP contribution < -0.4 is 18.9 Å². The van der Waals surface area contributed by atoms with Gasteiger partial charge in [0.2, 0.25) is 10.0 Å². The number of nitrogens with one attached hydrogen (secondary N) is 1. The second-order valence-corrected chi connectivity index (χ2v) is 8.40. The van der Waals surface area contributed by atoms with Gasteiger partial charge in [0.15, 0.2) is 11.5 Å². The Labute approximate surface area is 166 Å². The van der Waals surface area contributed by atoms with Gasteiger partial charge in [-0.05, 0) is 62.4 Å². The molecule has 1 unspecified atom stereocenters. The molecule has 0 radical (unpaired) electrons. The zero-order valence-corrected chi connectivity index (χ0v) is 17.3. The van der Waals surface area contributed by atoms with Gasteiger partial charge < -0.3 is 14.2 Å². The average Bonchev–Trinajstić information content (AvgIpc) is 3.53. The first-order chi connectivity index (χ1) is 13.5. The Kier molecular flexibility index (Phi) is 6.46. The van der Waals surface area contributed by atoms with Crippen molar-refractivity contribution in [3.05, 3.63) is 48.0 Å². The van der Waals surface area contributed by atoms with E-state index >= 15 is 0 Å². The van der Waals surface area contributed by atoms with Crippen LogP contribution in [0, 0.1) is 5.92 Å². The number of rotatable bonds is 10. The van der Waals surface area contributed by atoms with Crippen molar-refractivity contribution in [2.24, 2.45) is 5.92 Å². The van der Waals surface area contributed by atoms with Crippen molar-refractivity contribution in [3.63, 3.8) is 0 Å². The number of benzene rings is 2. The van der Waals surface area contributed by atoms with Crippen LogP contribution in [0.4, 0.5) is 0 Å². The summed E-state index contributed by atoms with van der Waals surface area (Å²) in [7, 11) is -2.11. The minimum absolute atomic E-state index is 0.165. The largest absolute Gasteiger partial charge is 0.497 e. The molecule has 2 aromatic carbocycles. The predicted molar refractivity (Wildman–Crippen MR) is 108 cm³/mol. The highest BCUT2D eigenvalue weighted by Gasteiger charge is 2.35. The maximum absolute atomic E-state index is 13.1. The quantitative estimate of drug-likeness (QED) is 0.648. The molecule has 3 rings (SSSR count). The summed E-state index contributed by atoms with van der Waals surface area (Å²) >= 11 is 0. The van der Waals surface area contributed by atoms with Crippen LogP contribution in [0.25, 0.3) is 0 Å². The van der Waals surface area contributed by atoms with E-state index in [-0.39, 0.29) is 10.9 Å². The molecular weight excluding hydrogens is 378 g/mol. The van der Waals surface area contributed by atoms with Crippen molar-refractivity contribution in [3.8, 4) is 17.2 Å². The third-order valence-corrected chi connectivity index (χ3v) is 6.11. The standard InChI is InChI=1S/C21H27NO5S/c1-4-26-19-13-12-18(14-20(19)27-5-2)28(23,24)22-21(15-6-7-15)16-8-10-17(25-3)11-9-16/h8-15,21-22H,4-7H2,1-3H3. The van der Waals surface area contributed by atoms with Gasteiger partial charge in [-0.2, -0.15) is 0 Å². The highest BCUT2D eigenvalue weighted by molar-refractivity contribution is 7.89. The molecule has 0 saturated heterocycles. The van der Waals surface area contributed by atoms with Gasteiger partial charge in [0, 0.05) is 12.1 Å². The lowest BCUT2D eigenvalue weighted by atomic mass is 10.0. The van der Waals surface area contributed by atoms with Crippen LogP contribution in [-0.2, 0) is 10.0 Å². The highest BCUT2D eigenvalue weighted by Crippen LogP contribution is 2.42. The molecule has 1 fully saturated rings. The lowest BCUT2D eigenvalue weighted by Crippen LogP contribution is -2.30. The Bertz CT molecular complexity index is 892. The van der Waals surface area contributed by atoms with E-state index in [1.54, 1.807) is 19.2 Å². The van der Waals surface area contributed by atoms with Crippen molar-refractivity contribution in [1.29, 1.82) is 0 Å². The third-order valence-electron chi connectivity index (χ3n) is 4.68. The van der Waals surface area contributed by atoms with Crippen LogP contribution in [0.1, 0.15) is 38.3 Å². The number of ether oxygens (including phenoxy) is 3. The average molecular weight is 406 g/mol. The number of hydrogen-bond acceptors (Lipinski definition) is 5. The molecule has 0 bridgehead atoms. The first kappa shape index (κ1) is 20.5. The van der Waals surface area contributed by atoms with Crippen LogP contribution in [0.15, 0.2) is 47.4 Å². The van der Waals surface area contributed by atoms with E-state index in [4.69, 9.17) is 14.2 Å². The van der Waals surface area contributed by atoms with Crippen molar-refractivity contribution in [2.75, 3.05) is 20.3 Å². The van der Waals surface area contributed by atoms with E-state index in [2.05, 4.69) is 4.72 Å². The lowest BCUT2D eigenvalue weighted by molar-refractivity contribution is 0.287. The van der Waals surface area contributed by atoms with Gasteiger partial charge in [0.25, 0.3) is 0 Å². The summed E-state index contributed by atoms with van der Waals surface area (Å²) in [6, 6.07) is 12.0. The minimum Gasteiger partial charge on any atom is -0.497 e. The monoisotopic (exact) mass is 405 g/mol. The van der Waals surface area contributed by atoms with Gasteiger partial charge in [0.1, 0.15) is 5.75 Å². The van der Waals surface area contributed by atoms with Gasteiger partial charge in [-0.15, -0.1) is 0 Å². The summed E-state index contributed by atoms with van der Waals surface area (Å²) in [6.07, 6.45) is 2.01. The van der Waals surface area contributed by atoms with Crippen LogP contribution in [0.2, 0.25) is 0 Å². The van der Waals surface area contributed by atoms with Crippen molar-refractivity contribution in [2.45, 2.75) is 37.6 Å². The summed E-state index contributed by atoms with van der Waals surface area (Å²) in [4.78, 5) is 0.165. The Morgan fingerprint density at radius 3 is 2.21 bits per heavy atom. The van der Waals surface area contributed by atoms with Crippen LogP contribution in [0.3, 0.4) is 0 Å². The molecule has 0 aromatic heterocycles. The van der Waals surface area contributed by atoms with Crippen molar-refractivity contribution in [1.82, 2.24) is 4.72 Å². The molecule has 6 nitrogen and oxygen atoms in total. The zero-order chi connectivity index (χ0) is 20.1. The summed E-state index contributed by atoms with van der Waals surface area (Å²) in [5.41, 5.74) is 0.933. The van der Waals surface area contributed by atoms with E-state index in [0.717, 1.165) is 24.2 Å². The molecule has 1 aliphatic carbocycles. The first-order valence-electron chi connectivity index (χ1n) is 9.54. The molecule has 1 saturated carbocycles. The van der Waals surface area contributed by atoms with Gasteiger partial charge in [-0.1, -0.05) is 12.1 Å². The molecule has 0 spiro atoms. The zero-order valence-electron chi connectivity index (χ0n) is 16.5. The van der Waals surface area contributed by atoms with Gasteiger partial charge in [-0.25, -0.2) is 13.1 Å². The van der Waals surface area contributed by atoms with E-state index in [0.29, 0.717) is 30.6 Å². The lowest BCUT2D eigenvalue weighted by Gasteiger charge is -2.20. The van der Waals surface area contributed by atoms with E-state index in [1.165, 1.54) is 6.07 Å². The fourth-order valence-electron chi connectivity index (χ4n) is 3.11. The molecular formula is C21H27NO5S. The Balaban J connectivity index is 1.87. The van der Waals surface area contributed by atoms with Crippen molar-refractivity contribution < 1.29 is 22.6 Å². The molecule has 0 heterocycles. The molecule has 1 N–H and O–H groups in total. The highest BCUT2D eigenvalue weighted by atomic mass is 32.2. The topological polar surface area (TPSA) is 73.9 Å². The molecule has 2 aromatic rings. The number of hydrogen-bond donors (Lipinski definition) is 1. The smallest absolute Gasteiger partial charge is 0.241 e. The third kappa shape index (κ3) is 4.77. The maximum atomic E-state index is 13.1. The van der Waals surface area contributed by atoms with Gasteiger partial charge in [-0.3, -0.25) is 0 Å². The second kappa shape index (κ2) is 8.84. The molecule has 0 aliphatic heterocycles. The van der Waals surface area contributed by atoms with E-state index in [9.17, 15) is 8.42 Å². The fraction of sp³-hybridized carbons (Fsp3) is 0.429. The van der Waals surface area contributed by atoms with E-state index in [1.807, 2.05) is 38.1 Å². The summed E-state index contributed by atoms with van der Waals surface area (Å²) in [6.45, 7) is 4.62. The molecule has 0 amide bonds. The van der Waals surface area contributed by atoms with E-state index < -0.39 is 10.0 Å². The number of sulfonamides is 1. The van der Waals surface area contributed by atoms with Gasteiger partial charge >= 0.3 is 0 Å². The Hall–Kier alpha value is -2.25. The molecule has 1 atom stereocenters. The molecule has 152 valence electrons. The number of methoxy groups -OCH3 is 1. The normalized spacial score (nSPS) is 15.1. The second-order valence-electron chi connectivity index (χ2n) is 6.68. The maximum Gasteiger partial charge on any atom is 0.241 e. The van der Waals surface area contributed by atoms with Crippen LogP contribution in [0.5, 0.6) is 17.2 Å². The molecule has 7 heteroatoms. The summed E-state index contributed by atoms with van der Waals surface area (Å²) in [5.74, 6) is 2.02. The summed E-state index contributed by atoms with van der Waals surface area (Å²) < 4.78 is 45.3. The molecule has 28 heavy (non-hydrogen) atoms. The Morgan fingerprint density at radius 1 is 1.00 bits per heavy atom. The van der Waals surface area contributed by atoms with Crippen LogP contribution in [-0.4, -0.2) is 28.7 Å². The SMILES string of the molecule is CCOc1ccc(S(=O)(=O)NC(c2ccc(OC)cc2)C2CC2)cc1OCC. The minimum atomic E-state index is -3.72. The van der Waals surface area contributed by atoms with Gasteiger partial charge in [0.05, 0.1) is 25.2 Å². The fourth-order valence-corrected chi connectivity index (χ4v) is 4.42. The molecule has 1 aliphatic rings. The van der Waals surface area contributed by atoms with Crippen LogP contribution >= 0.6 is 0 Å².